The summed E-state index contributed by atoms with van der Waals surface area (Å²) in [5.74, 6) is 1.08. The van der Waals surface area contributed by atoms with E-state index in [1.54, 1.807) is 0 Å². The predicted octanol–water partition coefficient (Wildman–Crippen LogP) is 3.59. The number of benzene rings is 1. The number of nitrogens with zero attached hydrogens (tertiary/aromatic N) is 3. The van der Waals surface area contributed by atoms with Gasteiger partial charge in [-0.2, -0.15) is 0 Å². The minimum absolute atomic E-state index is 0.270. The highest BCUT2D eigenvalue weighted by Gasteiger charge is 2.39. The number of amides is 2. The van der Waals surface area contributed by atoms with Crippen molar-refractivity contribution in [2.75, 3.05) is 39.3 Å². The highest BCUT2D eigenvalue weighted by atomic mass is 35.5. The van der Waals surface area contributed by atoms with Gasteiger partial charge in [-0.05, 0) is 43.2 Å². The van der Waals surface area contributed by atoms with E-state index in [0.29, 0.717) is 30.7 Å². The fourth-order valence-electron chi connectivity index (χ4n) is 5.22. The lowest BCUT2D eigenvalue weighted by atomic mass is 9.83. The van der Waals surface area contributed by atoms with Gasteiger partial charge in [0.1, 0.15) is 0 Å². The molecule has 3 aliphatic rings. The van der Waals surface area contributed by atoms with Gasteiger partial charge in [-0.25, -0.2) is 0 Å². The number of halogens is 1. The highest BCUT2D eigenvalue weighted by molar-refractivity contribution is 6.31. The Balaban J connectivity index is 1.29. The van der Waals surface area contributed by atoms with Crippen molar-refractivity contribution in [1.29, 1.82) is 0 Å². The highest BCUT2D eigenvalue weighted by Crippen LogP contribution is 2.32. The molecule has 0 unspecified atom stereocenters. The number of carbonyl (C=O) groups excluding carboxylic acids is 2. The van der Waals surface area contributed by atoms with Gasteiger partial charge in [0.05, 0.1) is 0 Å². The van der Waals surface area contributed by atoms with E-state index in [1.807, 2.05) is 29.2 Å². The van der Waals surface area contributed by atoms with Crippen molar-refractivity contribution in [2.24, 2.45) is 5.92 Å². The lowest BCUT2D eigenvalue weighted by Crippen LogP contribution is -2.56. The van der Waals surface area contributed by atoms with E-state index < -0.39 is 0 Å². The molecule has 1 aromatic rings. The van der Waals surface area contributed by atoms with Crippen molar-refractivity contribution in [3.05, 3.63) is 40.9 Å². The van der Waals surface area contributed by atoms with Crippen LogP contribution in [0.2, 0.25) is 0 Å². The van der Waals surface area contributed by atoms with Crippen molar-refractivity contribution in [3.8, 4) is 0 Å². The van der Waals surface area contributed by atoms with E-state index in [-0.39, 0.29) is 5.91 Å². The monoisotopic (exact) mass is 429 g/mol. The quantitative estimate of drug-likeness (QED) is 0.665. The molecule has 0 saturated carbocycles. The van der Waals surface area contributed by atoms with Crippen LogP contribution >= 0.6 is 11.6 Å². The average Bonchev–Trinajstić information content (AvgIpc) is 3.15. The van der Waals surface area contributed by atoms with Crippen LogP contribution in [0.4, 0.5) is 0 Å². The van der Waals surface area contributed by atoms with Crippen LogP contribution in [0.1, 0.15) is 44.1 Å². The first-order valence-electron chi connectivity index (χ1n) is 11.3. The molecule has 2 amide bonds. The molecule has 30 heavy (non-hydrogen) atoms. The van der Waals surface area contributed by atoms with E-state index in [1.165, 1.54) is 0 Å². The van der Waals surface area contributed by atoms with Crippen LogP contribution in [-0.4, -0.2) is 71.8 Å². The van der Waals surface area contributed by atoms with Gasteiger partial charge in [0, 0.05) is 63.2 Å². The molecule has 6 heteroatoms. The van der Waals surface area contributed by atoms with Gasteiger partial charge in [-0.1, -0.05) is 41.9 Å². The molecule has 0 radical (unpaired) electrons. The molecular weight excluding hydrogens is 398 g/mol. The first kappa shape index (κ1) is 21.4. The number of rotatable bonds is 7. The first-order valence-corrected chi connectivity index (χ1v) is 11.7. The van der Waals surface area contributed by atoms with Gasteiger partial charge < -0.3 is 9.80 Å². The maximum Gasteiger partial charge on any atom is 0.222 e. The summed E-state index contributed by atoms with van der Waals surface area (Å²) in [5.41, 5.74) is 1.13. The van der Waals surface area contributed by atoms with Crippen LogP contribution in [0.3, 0.4) is 0 Å². The standard InChI is InChI=1S/C24H32ClN3O2/c25-21(16-19-6-2-1-3-7-19)18-26-15-11-22-20(17-26)9-10-24(30)28(22)14-5-13-27-12-4-8-23(27)29/h1-3,6-7,16,20,22H,4-5,8-15,17-18H2/b21-16-/t20-,22+/m1/s1. The molecule has 162 valence electrons. The summed E-state index contributed by atoms with van der Waals surface area (Å²) >= 11 is 6.54. The Morgan fingerprint density at radius 3 is 2.63 bits per heavy atom. The minimum atomic E-state index is 0.270. The van der Waals surface area contributed by atoms with Crippen molar-refractivity contribution < 1.29 is 9.59 Å². The molecule has 0 spiro atoms. The van der Waals surface area contributed by atoms with E-state index in [9.17, 15) is 9.59 Å². The van der Waals surface area contributed by atoms with Gasteiger partial charge in [-0.15, -0.1) is 0 Å². The maximum atomic E-state index is 12.6. The number of hydrogen-bond acceptors (Lipinski definition) is 3. The molecule has 1 aromatic carbocycles. The van der Waals surface area contributed by atoms with Crippen LogP contribution in [0.15, 0.2) is 35.4 Å². The molecule has 3 aliphatic heterocycles. The average molecular weight is 430 g/mol. The summed E-state index contributed by atoms with van der Waals surface area (Å²) in [6.07, 6.45) is 7.22. The number of hydrogen-bond donors (Lipinski definition) is 0. The molecule has 3 fully saturated rings. The van der Waals surface area contributed by atoms with Crippen LogP contribution in [0.5, 0.6) is 0 Å². The van der Waals surface area contributed by atoms with E-state index >= 15 is 0 Å². The van der Waals surface area contributed by atoms with Crippen LogP contribution in [-0.2, 0) is 9.59 Å². The van der Waals surface area contributed by atoms with Gasteiger partial charge in [-0.3, -0.25) is 14.5 Å². The van der Waals surface area contributed by atoms with Gasteiger partial charge in [0.15, 0.2) is 0 Å². The van der Waals surface area contributed by atoms with Crippen LogP contribution in [0.25, 0.3) is 6.08 Å². The smallest absolute Gasteiger partial charge is 0.222 e. The second-order valence-electron chi connectivity index (χ2n) is 8.82. The molecule has 3 heterocycles. The molecule has 5 nitrogen and oxygen atoms in total. The SMILES string of the molecule is O=C1CCCN1CCCN1C(=O)CC[C@@H]2CN(C/C(Cl)=C/c3ccccc3)CC[C@@H]21. The fourth-order valence-corrected chi connectivity index (χ4v) is 5.52. The Kier molecular flexibility index (Phi) is 7.11. The second-order valence-corrected chi connectivity index (χ2v) is 9.30. The Bertz CT molecular complexity index is 782. The van der Waals surface area contributed by atoms with Crippen molar-refractivity contribution in [2.45, 2.75) is 44.6 Å². The molecule has 4 rings (SSSR count). The van der Waals surface area contributed by atoms with Crippen molar-refractivity contribution in [1.82, 2.24) is 14.7 Å². The molecular formula is C24H32ClN3O2. The molecule has 0 aromatic heterocycles. The summed E-state index contributed by atoms with van der Waals surface area (Å²) in [5, 5.41) is 0.860. The molecule has 0 aliphatic carbocycles. The molecule has 0 bridgehead atoms. The molecule has 0 N–H and O–H groups in total. The van der Waals surface area contributed by atoms with Crippen LogP contribution in [0, 0.1) is 5.92 Å². The first-order chi connectivity index (χ1) is 14.6. The number of fused-ring (bicyclic) bond motifs is 1. The lowest BCUT2D eigenvalue weighted by molar-refractivity contribution is -0.141. The third kappa shape index (κ3) is 5.25. The Labute approximate surface area is 184 Å². The zero-order chi connectivity index (χ0) is 20.9. The largest absolute Gasteiger partial charge is 0.343 e. The number of piperidine rings is 2. The fraction of sp³-hybridized carbons (Fsp3) is 0.583. The minimum Gasteiger partial charge on any atom is -0.343 e. The summed E-state index contributed by atoms with van der Waals surface area (Å²) in [6.45, 7) is 5.17. The summed E-state index contributed by atoms with van der Waals surface area (Å²) in [7, 11) is 0. The Morgan fingerprint density at radius 1 is 1.03 bits per heavy atom. The predicted molar refractivity (Wildman–Crippen MR) is 120 cm³/mol. The maximum absolute atomic E-state index is 12.6. The Hall–Kier alpha value is -1.85. The van der Waals surface area contributed by atoms with Gasteiger partial charge >= 0.3 is 0 Å². The zero-order valence-corrected chi connectivity index (χ0v) is 18.4. The lowest BCUT2D eigenvalue weighted by Gasteiger charge is -2.47. The number of carbonyl (C=O) groups is 2. The second kappa shape index (κ2) is 9.97. The Morgan fingerprint density at radius 2 is 1.87 bits per heavy atom. The van der Waals surface area contributed by atoms with Crippen molar-refractivity contribution >= 4 is 29.5 Å². The van der Waals surface area contributed by atoms with Crippen molar-refractivity contribution in [3.63, 3.8) is 0 Å². The van der Waals surface area contributed by atoms with Gasteiger partial charge in [0.25, 0.3) is 0 Å². The molecule has 2 atom stereocenters. The third-order valence-electron chi connectivity index (χ3n) is 6.72. The summed E-state index contributed by atoms with van der Waals surface area (Å²) < 4.78 is 0. The summed E-state index contributed by atoms with van der Waals surface area (Å²) in [4.78, 5) is 30.9. The van der Waals surface area contributed by atoms with E-state index in [0.717, 1.165) is 75.5 Å². The topological polar surface area (TPSA) is 43.9 Å². The van der Waals surface area contributed by atoms with E-state index in [4.69, 9.17) is 11.6 Å². The third-order valence-corrected chi connectivity index (χ3v) is 6.95. The van der Waals surface area contributed by atoms with E-state index in [2.05, 4.69) is 21.9 Å². The summed E-state index contributed by atoms with van der Waals surface area (Å²) in [6, 6.07) is 10.5. The zero-order valence-electron chi connectivity index (χ0n) is 17.6. The van der Waals surface area contributed by atoms with Crippen LogP contribution < -0.4 is 0 Å². The normalized spacial score (nSPS) is 25.7. The number of likely N-dealkylation sites (tertiary alicyclic amines) is 3. The van der Waals surface area contributed by atoms with Gasteiger partial charge in [0.2, 0.25) is 11.8 Å². The molecule has 3 saturated heterocycles.